The van der Waals surface area contributed by atoms with Crippen LogP contribution >= 0.6 is 11.8 Å². The van der Waals surface area contributed by atoms with Gasteiger partial charge in [0.05, 0.1) is 5.75 Å². The zero-order valence-electron chi connectivity index (χ0n) is 14.7. The maximum Gasteiger partial charge on any atom is 0.332 e. The summed E-state index contributed by atoms with van der Waals surface area (Å²) in [5.41, 5.74) is -0.120. The fourth-order valence-corrected chi connectivity index (χ4v) is 4.11. The van der Waals surface area contributed by atoms with Crippen LogP contribution in [0.2, 0.25) is 0 Å². The highest BCUT2D eigenvalue weighted by Gasteiger charge is 2.19. The highest BCUT2D eigenvalue weighted by molar-refractivity contribution is 7.99. The number of imidazole rings is 1. The molecule has 0 aliphatic heterocycles. The number of thioether (sulfide) groups is 1. The van der Waals surface area contributed by atoms with Crippen LogP contribution in [0, 0.1) is 0 Å². The van der Waals surface area contributed by atoms with Gasteiger partial charge in [0.15, 0.2) is 16.3 Å². The van der Waals surface area contributed by atoms with Crippen molar-refractivity contribution in [3.63, 3.8) is 0 Å². The average Bonchev–Trinajstić information content (AvgIpc) is 2.94. The van der Waals surface area contributed by atoms with Crippen LogP contribution in [-0.4, -0.2) is 36.4 Å². The van der Waals surface area contributed by atoms with E-state index in [0.29, 0.717) is 10.8 Å². The van der Waals surface area contributed by atoms with Crippen molar-refractivity contribution in [2.75, 3.05) is 5.75 Å². The molecule has 8 nitrogen and oxygen atoms in total. The molecule has 9 heteroatoms. The summed E-state index contributed by atoms with van der Waals surface area (Å²) in [4.78, 5) is 40.8. The van der Waals surface area contributed by atoms with E-state index in [4.69, 9.17) is 0 Å². The number of rotatable bonds is 4. The number of aromatic nitrogens is 4. The standard InChI is InChI=1S/C16H23N5O3S/c1-19-13-12(14(23)21(3)16(24)20(13)2)18-15(19)25-9-11(22)17-10-7-5-4-6-8-10/h10H,4-9H2,1-3H3,(H,17,22). The van der Waals surface area contributed by atoms with E-state index in [1.54, 1.807) is 18.7 Å². The van der Waals surface area contributed by atoms with E-state index in [9.17, 15) is 14.4 Å². The second kappa shape index (κ2) is 7.07. The molecule has 0 spiro atoms. The first kappa shape index (κ1) is 17.8. The number of amides is 1. The lowest BCUT2D eigenvalue weighted by molar-refractivity contribution is -0.119. The third-order valence-corrected chi connectivity index (χ3v) is 5.76. The Morgan fingerprint density at radius 1 is 1.12 bits per heavy atom. The second-order valence-electron chi connectivity index (χ2n) is 6.52. The molecule has 3 rings (SSSR count). The van der Waals surface area contributed by atoms with Crippen molar-refractivity contribution in [1.82, 2.24) is 24.0 Å². The highest BCUT2D eigenvalue weighted by Crippen LogP contribution is 2.21. The molecule has 0 atom stereocenters. The summed E-state index contributed by atoms with van der Waals surface area (Å²) in [5, 5.41) is 3.61. The van der Waals surface area contributed by atoms with Crippen molar-refractivity contribution in [2.45, 2.75) is 43.3 Å². The molecule has 1 aliphatic carbocycles. The van der Waals surface area contributed by atoms with Gasteiger partial charge in [-0.15, -0.1) is 0 Å². The molecule has 2 aromatic rings. The van der Waals surface area contributed by atoms with Gasteiger partial charge in [-0.3, -0.25) is 18.7 Å². The predicted molar refractivity (Wildman–Crippen MR) is 96.9 cm³/mol. The molecule has 0 unspecified atom stereocenters. The number of hydrogen-bond acceptors (Lipinski definition) is 5. The number of nitrogens with one attached hydrogen (secondary N) is 1. The molecule has 0 bridgehead atoms. The SMILES string of the molecule is Cn1c(=O)c2nc(SCC(=O)NC3CCCCC3)n(C)c2n(C)c1=O. The molecule has 2 heterocycles. The molecule has 1 amide bonds. The van der Waals surface area contributed by atoms with E-state index < -0.39 is 11.2 Å². The molecule has 136 valence electrons. The first-order valence-electron chi connectivity index (χ1n) is 8.44. The minimum absolute atomic E-state index is 0.0225. The normalized spacial score (nSPS) is 15.6. The maximum absolute atomic E-state index is 12.3. The smallest absolute Gasteiger partial charge is 0.332 e. The third-order valence-electron chi connectivity index (χ3n) is 4.73. The van der Waals surface area contributed by atoms with Gasteiger partial charge in [-0.05, 0) is 12.8 Å². The summed E-state index contributed by atoms with van der Waals surface area (Å²) in [6, 6.07) is 0.274. The van der Waals surface area contributed by atoms with Crippen LogP contribution < -0.4 is 16.6 Å². The molecule has 1 aliphatic rings. The lowest BCUT2D eigenvalue weighted by atomic mass is 9.95. The minimum atomic E-state index is -0.424. The van der Waals surface area contributed by atoms with Crippen LogP contribution in [0.3, 0.4) is 0 Å². The summed E-state index contributed by atoms with van der Waals surface area (Å²) >= 11 is 1.27. The Hall–Kier alpha value is -2.03. The van der Waals surface area contributed by atoms with E-state index in [0.717, 1.165) is 17.4 Å². The van der Waals surface area contributed by atoms with Gasteiger partial charge in [0, 0.05) is 27.2 Å². The van der Waals surface area contributed by atoms with Gasteiger partial charge in [-0.25, -0.2) is 9.78 Å². The van der Waals surface area contributed by atoms with Crippen LogP contribution in [-0.2, 0) is 25.9 Å². The Balaban J connectivity index is 1.78. The van der Waals surface area contributed by atoms with Gasteiger partial charge in [-0.2, -0.15) is 0 Å². The molecule has 25 heavy (non-hydrogen) atoms. The van der Waals surface area contributed by atoms with Gasteiger partial charge in [0.2, 0.25) is 5.91 Å². The maximum atomic E-state index is 12.3. The van der Waals surface area contributed by atoms with E-state index >= 15 is 0 Å². The first-order valence-corrected chi connectivity index (χ1v) is 9.43. The Kier molecular flexibility index (Phi) is 5.03. The number of hydrogen-bond donors (Lipinski definition) is 1. The summed E-state index contributed by atoms with van der Waals surface area (Å²) in [5.74, 6) is 0.216. The minimum Gasteiger partial charge on any atom is -0.353 e. The molecule has 2 aromatic heterocycles. The van der Waals surface area contributed by atoms with Gasteiger partial charge >= 0.3 is 5.69 Å². The Bertz CT molecular complexity index is 920. The number of carbonyl (C=O) groups excluding carboxylic acids is 1. The number of fused-ring (bicyclic) bond motifs is 1. The zero-order chi connectivity index (χ0) is 18.1. The fourth-order valence-electron chi connectivity index (χ4n) is 3.33. The van der Waals surface area contributed by atoms with E-state index in [-0.39, 0.29) is 23.2 Å². The summed E-state index contributed by atoms with van der Waals surface area (Å²) in [6.07, 6.45) is 5.66. The molecular weight excluding hydrogens is 342 g/mol. The lowest BCUT2D eigenvalue weighted by Gasteiger charge is -2.22. The van der Waals surface area contributed by atoms with Crippen LogP contribution in [0.25, 0.3) is 11.2 Å². The largest absolute Gasteiger partial charge is 0.353 e. The number of nitrogens with zero attached hydrogens (tertiary/aromatic N) is 4. The van der Waals surface area contributed by atoms with Crippen molar-refractivity contribution >= 4 is 28.8 Å². The first-order chi connectivity index (χ1) is 11.9. The number of carbonyl (C=O) groups is 1. The van der Waals surface area contributed by atoms with Gasteiger partial charge < -0.3 is 9.88 Å². The summed E-state index contributed by atoms with van der Waals surface area (Å²) in [6.45, 7) is 0. The van der Waals surface area contributed by atoms with Crippen LogP contribution in [0.5, 0.6) is 0 Å². The third kappa shape index (κ3) is 3.37. The predicted octanol–water partition coefficient (Wildman–Crippen LogP) is 0.512. The summed E-state index contributed by atoms with van der Waals surface area (Å²) in [7, 11) is 4.79. The van der Waals surface area contributed by atoms with Gasteiger partial charge in [0.25, 0.3) is 5.56 Å². The van der Waals surface area contributed by atoms with Gasteiger partial charge in [-0.1, -0.05) is 31.0 Å². The monoisotopic (exact) mass is 365 g/mol. The highest BCUT2D eigenvalue weighted by atomic mass is 32.2. The molecular formula is C16H23N5O3S. The van der Waals surface area contributed by atoms with Crippen molar-refractivity contribution in [1.29, 1.82) is 0 Å². The van der Waals surface area contributed by atoms with Crippen molar-refractivity contribution in [2.24, 2.45) is 21.1 Å². The molecule has 0 radical (unpaired) electrons. The topological polar surface area (TPSA) is 90.9 Å². The van der Waals surface area contributed by atoms with Crippen LogP contribution in [0.4, 0.5) is 0 Å². The van der Waals surface area contributed by atoms with Crippen molar-refractivity contribution < 1.29 is 4.79 Å². The van der Waals surface area contributed by atoms with Crippen LogP contribution in [0.15, 0.2) is 14.7 Å². The molecule has 1 N–H and O–H groups in total. The van der Waals surface area contributed by atoms with Crippen molar-refractivity contribution in [3.05, 3.63) is 20.8 Å². The number of aryl methyl sites for hydroxylation is 2. The lowest BCUT2D eigenvalue weighted by Crippen LogP contribution is -2.37. The quantitative estimate of drug-likeness (QED) is 0.798. The van der Waals surface area contributed by atoms with Gasteiger partial charge in [0.1, 0.15) is 0 Å². The van der Waals surface area contributed by atoms with E-state index in [2.05, 4.69) is 10.3 Å². The fraction of sp³-hybridized carbons (Fsp3) is 0.625. The molecule has 0 saturated heterocycles. The Morgan fingerprint density at radius 3 is 2.48 bits per heavy atom. The van der Waals surface area contributed by atoms with Crippen molar-refractivity contribution in [3.8, 4) is 0 Å². The second-order valence-corrected chi connectivity index (χ2v) is 7.46. The molecule has 1 saturated carbocycles. The zero-order valence-corrected chi connectivity index (χ0v) is 15.6. The Labute approximate surface area is 149 Å². The molecule has 0 aromatic carbocycles. The van der Waals surface area contributed by atoms with Crippen LogP contribution in [0.1, 0.15) is 32.1 Å². The van der Waals surface area contributed by atoms with E-state index in [1.165, 1.54) is 42.6 Å². The summed E-state index contributed by atoms with van der Waals surface area (Å²) < 4.78 is 4.13. The molecule has 1 fully saturated rings. The Morgan fingerprint density at radius 2 is 1.80 bits per heavy atom. The average molecular weight is 365 g/mol. The van der Waals surface area contributed by atoms with E-state index in [1.807, 2.05) is 0 Å².